The summed E-state index contributed by atoms with van der Waals surface area (Å²) in [6, 6.07) is 0. The van der Waals surface area contributed by atoms with Gasteiger partial charge in [-0.15, -0.1) is 0 Å². The average Bonchev–Trinajstić information content (AvgIpc) is 2.14. The van der Waals surface area contributed by atoms with Gasteiger partial charge in [0.2, 0.25) is 5.95 Å². The summed E-state index contributed by atoms with van der Waals surface area (Å²) in [6.45, 7) is 4.20. The van der Waals surface area contributed by atoms with Crippen molar-refractivity contribution in [3.63, 3.8) is 0 Å². The lowest BCUT2D eigenvalue weighted by Crippen LogP contribution is -2.29. The first-order chi connectivity index (χ1) is 7.39. The monoisotopic (exact) mass is 219 g/mol. The van der Waals surface area contributed by atoms with Crippen LogP contribution in [0, 0.1) is 5.41 Å². The third-order valence-electron chi connectivity index (χ3n) is 2.84. The number of Topliss-reactive ketones (excluding diaryl/α,β-unsaturated/α-hetero) is 1. The second kappa shape index (κ2) is 3.54. The zero-order valence-corrected chi connectivity index (χ0v) is 10.2. The molecule has 0 amide bonds. The van der Waals surface area contributed by atoms with E-state index in [9.17, 15) is 4.79 Å². The van der Waals surface area contributed by atoms with Gasteiger partial charge in [0, 0.05) is 26.7 Å². The zero-order valence-electron chi connectivity index (χ0n) is 10.2. The Morgan fingerprint density at radius 1 is 1.31 bits per heavy atom. The molecule has 0 fully saturated rings. The van der Waals surface area contributed by atoms with Crippen molar-refractivity contribution >= 4 is 11.7 Å². The number of anilines is 1. The van der Waals surface area contributed by atoms with Crippen molar-refractivity contribution in [2.75, 3.05) is 19.0 Å². The van der Waals surface area contributed by atoms with Gasteiger partial charge in [0.05, 0.1) is 11.3 Å². The number of aromatic nitrogens is 2. The van der Waals surface area contributed by atoms with Gasteiger partial charge in [-0.05, 0) is 11.8 Å². The van der Waals surface area contributed by atoms with Crippen LogP contribution in [0.3, 0.4) is 0 Å². The third kappa shape index (κ3) is 1.92. The van der Waals surface area contributed by atoms with E-state index in [4.69, 9.17) is 0 Å². The normalized spacial score (nSPS) is 18.1. The Bertz CT molecular complexity index is 438. The van der Waals surface area contributed by atoms with Crippen molar-refractivity contribution in [3.8, 4) is 0 Å². The molecule has 2 rings (SSSR count). The van der Waals surface area contributed by atoms with Gasteiger partial charge in [-0.25, -0.2) is 9.97 Å². The first kappa shape index (κ1) is 11.0. The molecule has 0 radical (unpaired) electrons. The van der Waals surface area contributed by atoms with Crippen molar-refractivity contribution in [1.82, 2.24) is 9.97 Å². The van der Waals surface area contributed by atoms with Crippen LogP contribution >= 0.6 is 0 Å². The molecule has 4 nitrogen and oxygen atoms in total. The van der Waals surface area contributed by atoms with Gasteiger partial charge in [0.25, 0.3) is 0 Å². The molecular formula is C12H17N3O. The van der Waals surface area contributed by atoms with Crippen LogP contribution in [0.1, 0.15) is 36.3 Å². The molecule has 4 heteroatoms. The van der Waals surface area contributed by atoms with E-state index in [0.29, 0.717) is 17.9 Å². The number of carbonyl (C=O) groups is 1. The Morgan fingerprint density at radius 3 is 2.62 bits per heavy atom. The number of rotatable bonds is 1. The highest BCUT2D eigenvalue weighted by Gasteiger charge is 2.32. The topological polar surface area (TPSA) is 46.1 Å². The smallest absolute Gasteiger partial charge is 0.225 e. The van der Waals surface area contributed by atoms with Crippen LogP contribution in [0.5, 0.6) is 0 Å². The first-order valence-corrected chi connectivity index (χ1v) is 5.45. The number of nitrogens with zero attached hydrogens (tertiary/aromatic N) is 3. The Kier molecular flexibility index (Phi) is 2.45. The molecule has 16 heavy (non-hydrogen) atoms. The van der Waals surface area contributed by atoms with Gasteiger partial charge in [-0.3, -0.25) is 4.79 Å². The minimum absolute atomic E-state index is 0.0159. The van der Waals surface area contributed by atoms with Crippen LogP contribution < -0.4 is 4.90 Å². The molecule has 0 aromatic carbocycles. The molecule has 1 aromatic heterocycles. The molecule has 0 saturated carbocycles. The Morgan fingerprint density at radius 2 is 2.00 bits per heavy atom. The van der Waals surface area contributed by atoms with Gasteiger partial charge in [0.1, 0.15) is 0 Å². The van der Waals surface area contributed by atoms with E-state index in [1.165, 1.54) is 0 Å². The van der Waals surface area contributed by atoms with Crippen LogP contribution in [0.2, 0.25) is 0 Å². The molecule has 0 atom stereocenters. The van der Waals surface area contributed by atoms with Gasteiger partial charge < -0.3 is 4.90 Å². The van der Waals surface area contributed by atoms with Crippen LogP contribution in [0.25, 0.3) is 0 Å². The van der Waals surface area contributed by atoms with Crippen LogP contribution in [-0.2, 0) is 6.42 Å². The van der Waals surface area contributed by atoms with E-state index in [1.54, 1.807) is 6.20 Å². The zero-order chi connectivity index (χ0) is 11.9. The highest BCUT2D eigenvalue weighted by molar-refractivity contribution is 5.98. The second-order valence-corrected chi connectivity index (χ2v) is 5.37. The average molecular weight is 219 g/mol. The van der Waals surface area contributed by atoms with Crippen LogP contribution in [-0.4, -0.2) is 29.8 Å². The summed E-state index contributed by atoms with van der Waals surface area (Å²) in [5, 5.41) is 0. The standard InChI is InChI=1S/C12H17N3O/c1-12(2)5-9-8(10(16)6-12)7-13-11(14-9)15(3)4/h7H,5-6H2,1-4H3. The molecule has 1 aromatic rings. The van der Waals surface area contributed by atoms with Crippen molar-refractivity contribution in [1.29, 1.82) is 0 Å². The van der Waals surface area contributed by atoms with E-state index in [2.05, 4.69) is 23.8 Å². The molecule has 0 bridgehead atoms. The van der Waals surface area contributed by atoms with Crippen LogP contribution in [0.4, 0.5) is 5.95 Å². The Hall–Kier alpha value is -1.45. The SMILES string of the molecule is CN(C)c1ncc2c(n1)CC(C)(C)CC2=O. The lowest BCUT2D eigenvalue weighted by atomic mass is 9.76. The number of fused-ring (bicyclic) bond motifs is 1. The fourth-order valence-corrected chi connectivity index (χ4v) is 2.04. The highest BCUT2D eigenvalue weighted by atomic mass is 16.1. The number of ketones is 1. The predicted octanol–water partition coefficient (Wildman–Crippen LogP) is 1.70. The third-order valence-corrected chi connectivity index (χ3v) is 2.84. The lowest BCUT2D eigenvalue weighted by Gasteiger charge is -2.29. The van der Waals surface area contributed by atoms with Gasteiger partial charge >= 0.3 is 0 Å². The molecule has 0 saturated heterocycles. The Balaban J connectivity index is 2.46. The fourth-order valence-electron chi connectivity index (χ4n) is 2.04. The van der Waals surface area contributed by atoms with E-state index in [0.717, 1.165) is 12.1 Å². The minimum Gasteiger partial charge on any atom is -0.347 e. The summed E-state index contributed by atoms with van der Waals surface area (Å²) in [4.78, 5) is 22.4. The van der Waals surface area contributed by atoms with Crippen molar-refractivity contribution in [2.45, 2.75) is 26.7 Å². The number of carbonyl (C=O) groups excluding carboxylic acids is 1. The second-order valence-electron chi connectivity index (χ2n) is 5.37. The van der Waals surface area contributed by atoms with E-state index >= 15 is 0 Å². The molecule has 0 spiro atoms. The summed E-state index contributed by atoms with van der Waals surface area (Å²) < 4.78 is 0. The fraction of sp³-hybridized carbons (Fsp3) is 0.583. The van der Waals surface area contributed by atoms with Gasteiger partial charge in [-0.2, -0.15) is 0 Å². The minimum atomic E-state index is 0.0159. The maximum absolute atomic E-state index is 11.9. The van der Waals surface area contributed by atoms with Gasteiger partial charge in [-0.1, -0.05) is 13.8 Å². The highest BCUT2D eigenvalue weighted by Crippen LogP contribution is 2.33. The van der Waals surface area contributed by atoms with Crippen molar-refractivity contribution < 1.29 is 4.79 Å². The Labute approximate surface area is 95.7 Å². The van der Waals surface area contributed by atoms with Crippen molar-refractivity contribution in [2.24, 2.45) is 5.41 Å². The summed E-state index contributed by atoms with van der Waals surface area (Å²) in [5.74, 6) is 0.834. The molecule has 1 heterocycles. The van der Waals surface area contributed by atoms with Gasteiger partial charge in [0.15, 0.2) is 5.78 Å². The number of hydrogen-bond acceptors (Lipinski definition) is 4. The maximum Gasteiger partial charge on any atom is 0.225 e. The maximum atomic E-state index is 11.9. The molecular weight excluding hydrogens is 202 g/mol. The summed E-state index contributed by atoms with van der Waals surface area (Å²) >= 11 is 0. The lowest BCUT2D eigenvalue weighted by molar-refractivity contribution is 0.0910. The molecule has 0 aliphatic heterocycles. The van der Waals surface area contributed by atoms with Crippen LogP contribution in [0.15, 0.2) is 6.20 Å². The van der Waals surface area contributed by atoms with E-state index < -0.39 is 0 Å². The molecule has 86 valence electrons. The number of hydrogen-bond donors (Lipinski definition) is 0. The van der Waals surface area contributed by atoms with Crippen molar-refractivity contribution in [3.05, 3.63) is 17.5 Å². The first-order valence-electron chi connectivity index (χ1n) is 5.45. The predicted molar refractivity (Wildman–Crippen MR) is 62.8 cm³/mol. The summed E-state index contributed by atoms with van der Waals surface area (Å²) in [7, 11) is 3.80. The molecule has 1 aliphatic rings. The summed E-state index contributed by atoms with van der Waals surface area (Å²) in [6.07, 6.45) is 3.09. The largest absolute Gasteiger partial charge is 0.347 e. The molecule has 0 N–H and O–H groups in total. The summed E-state index contributed by atoms with van der Waals surface area (Å²) in [5.41, 5.74) is 1.60. The van der Waals surface area contributed by atoms with E-state index in [-0.39, 0.29) is 11.2 Å². The quantitative estimate of drug-likeness (QED) is 0.721. The molecule has 1 aliphatic carbocycles. The van der Waals surface area contributed by atoms with E-state index in [1.807, 2.05) is 19.0 Å². The molecule has 0 unspecified atom stereocenters.